The summed E-state index contributed by atoms with van der Waals surface area (Å²) in [6.07, 6.45) is 2.36. The highest BCUT2D eigenvalue weighted by atomic mass is 16.5. The van der Waals surface area contributed by atoms with Gasteiger partial charge in [0.15, 0.2) is 0 Å². The molecular weight excluding hydrogens is 222 g/mol. The van der Waals surface area contributed by atoms with E-state index in [2.05, 4.69) is 52.1 Å². The van der Waals surface area contributed by atoms with Crippen molar-refractivity contribution in [2.24, 2.45) is 0 Å². The minimum Gasteiger partial charge on any atom is -0.492 e. The van der Waals surface area contributed by atoms with Crippen LogP contribution in [0.5, 0.6) is 5.75 Å². The van der Waals surface area contributed by atoms with E-state index in [-0.39, 0.29) is 0 Å². The lowest BCUT2D eigenvalue weighted by atomic mass is 10.1. The molecule has 0 spiro atoms. The molecule has 0 heterocycles. The van der Waals surface area contributed by atoms with Gasteiger partial charge in [-0.2, -0.15) is 0 Å². The summed E-state index contributed by atoms with van der Waals surface area (Å²) in [5.74, 6) is 1.05. The van der Waals surface area contributed by atoms with E-state index in [9.17, 15) is 0 Å². The SMILES string of the molecule is CCC(CC)NCCOc1c(C)cc(C)cc1C. The van der Waals surface area contributed by atoms with Crippen molar-refractivity contribution in [3.8, 4) is 5.75 Å². The quantitative estimate of drug-likeness (QED) is 0.743. The van der Waals surface area contributed by atoms with Crippen molar-refractivity contribution in [2.45, 2.75) is 53.5 Å². The molecule has 0 saturated carbocycles. The zero-order valence-electron chi connectivity index (χ0n) is 12.5. The number of nitrogens with one attached hydrogen (secondary N) is 1. The molecule has 1 aromatic carbocycles. The Morgan fingerprint density at radius 3 is 2.11 bits per heavy atom. The molecule has 2 nitrogen and oxygen atoms in total. The predicted molar refractivity (Wildman–Crippen MR) is 78.5 cm³/mol. The van der Waals surface area contributed by atoms with Gasteiger partial charge in [0.05, 0.1) is 0 Å². The van der Waals surface area contributed by atoms with Crippen molar-refractivity contribution < 1.29 is 4.74 Å². The predicted octanol–water partition coefficient (Wildman–Crippen LogP) is 3.77. The Morgan fingerprint density at radius 1 is 1.06 bits per heavy atom. The van der Waals surface area contributed by atoms with Gasteiger partial charge >= 0.3 is 0 Å². The number of ether oxygens (including phenoxy) is 1. The van der Waals surface area contributed by atoms with Gasteiger partial charge in [0.1, 0.15) is 12.4 Å². The molecule has 0 aliphatic heterocycles. The van der Waals surface area contributed by atoms with Crippen molar-refractivity contribution in [2.75, 3.05) is 13.2 Å². The molecule has 0 aliphatic carbocycles. The van der Waals surface area contributed by atoms with E-state index in [0.717, 1.165) is 18.9 Å². The van der Waals surface area contributed by atoms with Crippen molar-refractivity contribution in [1.29, 1.82) is 0 Å². The molecule has 0 bridgehead atoms. The van der Waals surface area contributed by atoms with Crippen LogP contribution in [-0.2, 0) is 0 Å². The third-order valence-electron chi connectivity index (χ3n) is 3.37. The number of benzene rings is 1. The lowest BCUT2D eigenvalue weighted by Gasteiger charge is -2.16. The Labute approximate surface area is 112 Å². The van der Waals surface area contributed by atoms with Crippen molar-refractivity contribution in [3.05, 3.63) is 28.8 Å². The first kappa shape index (κ1) is 15.0. The van der Waals surface area contributed by atoms with Crippen LogP contribution in [0.3, 0.4) is 0 Å². The highest BCUT2D eigenvalue weighted by Crippen LogP contribution is 2.24. The van der Waals surface area contributed by atoms with E-state index < -0.39 is 0 Å². The first-order valence-electron chi connectivity index (χ1n) is 7.02. The maximum atomic E-state index is 5.90. The summed E-state index contributed by atoms with van der Waals surface area (Å²) in [7, 11) is 0. The van der Waals surface area contributed by atoms with Gasteiger partial charge in [-0.05, 0) is 44.7 Å². The average Bonchev–Trinajstić information content (AvgIpc) is 2.32. The summed E-state index contributed by atoms with van der Waals surface area (Å²) in [6.45, 7) is 12.4. The smallest absolute Gasteiger partial charge is 0.125 e. The Kier molecular flexibility index (Phi) is 6.20. The zero-order valence-corrected chi connectivity index (χ0v) is 12.5. The van der Waals surface area contributed by atoms with Crippen molar-refractivity contribution in [3.63, 3.8) is 0 Å². The second kappa shape index (κ2) is 7.42. The molecule has 1 N–H and O–H groups in total. The van der Waals surface area contributed by atoms with Crippen LogP contribution >= 0.6 is 0 Å². The van der Waals surface area contributed by atoms with E-state index in [1.54, 1.807) is 0 Å². The molecule has 102 valence electrons. The van der Waals surface area contributed by atoms with Gasteiger partial charge in [-0.25, -0.2) is 0 Å². The van der Waals surface area contributed by atoms with Crippen LogP contribution in [-0.4, -0.2) is 19.2 Å². The van der Waals surface area contributed by atoms with E-state index in [1.165, 1.54) is 29.5 Å². The van der Waals surface area contributed by atoms with Crippen molar-refractivity contribution in [1.82, 2.24) is 5.32 Å². The summed E-state index contributed by atoms with van der Waals surface area (Å²) < 4.78 is 5.90. The van der Waals surface area contributed by atoms with E-state index in [4.69, 9.17) is 4.74 Å². The summed E-state index contributed by atoms with van der Waals surface area (Å²) in [6, 6.07) is 4.97. The van der Waals surface area contributed by atoms with Crippen LogP contribution in [0.2, 0.25) is 0 Å². The van der Waals surface area contributed by atoms with Crippen LogP contribution in [0.1, 0.15) is 43.4 Å². The first-order chi connectivity index (χ1) is 8.58. The van der Waals surface area contributed by atoms with Crippen LogP contribution in [0.15, 0.2) is 12.1 Å². The fourth-order valence-electron chi connectivity index (χ4n) is 2.39. The molecule has 0 amide bonds. The zero-order chi connectivity index (χ0) is 13.5. The van der Waals surface area contributed by atoms with Gasteiger partial charge in [0.2, 0.25) is 0 Å². The Morgan fingerprint density at radius 2 is 1.61 bits per heavy atom. The fraction of sp³-hybridized carbons (Fsp3) is 0.625. The number of aryl methyl sites for hydroxylation is 3. The maximum Gasteiger partial charge on any atom is 0.125 e. The molecule has 0 saturated heterocycles. The summed E-state index contributed by atoms with van der Waals surface area (Å²) in [5.41, 5.74) is 3.76. The monoisotopic (exact) mass is 249 g/mol. The Balaban J connectivity index is 2.44. The van der Waals surface area contributed by atoms with Crippen LogP contribution < -0.4 is 10.1 Å². The average molecular weight is 249 g/mol. The van der Waals surface area contributed by atoms with Gasteiger partial charge in [-0.1, -0.05) is 31.5 Å². The van der Waals surface area contributed by atoms with Gasteiger partial charge in [0.25, 0.3) is 0 Å². The minimum absolute atomic E-state index is 0.619. The summed E-state index contributed by atoms with van der Waals surface area (Å²) in [4.78, 5) is 0. The molecule has 0 atom stereocenters. The molecule has 0 aromatic heterocycles. The van der Waals surface area contributed by atoms with Gasteiger partial charge < -0.3 is 10.1 Å². The molecule has 2 heteroatoms. The largest absolute Gasteiger partial charge is 0.492 e. The van der Waals surface area contributed by atoms with E-state index in [0.29, 0.717) is 6.04 Å². The lowest BCUT2D eigenvalue weighted by molar-refractivity contribution is 0.299. The summed E-state index contributed by atoms with van der Waals surface area (Å²) in [5, 5.41) is 3.51. The molecule has 18 heavy (non-hydrogen) atoms. The maximum absolute atomic E-state index is 5.90. The van der Waals surface area contributed by atoms with Crippen LogP contribution in [0.4, 0.5) is 0 Å². The molecule has 1 aromatic rings. The molecule has 1 rings (SSSR count). The highest BCUT2D eigenvalue weighted by Gasteiger charge is 2.05. The van der Waals surface area contributed by atoms with Crippen LogP contribution in [0.25, 0.3) is 0 Å². The van der Waals surface area contributed by atoms with Crippen molar-refractivity contribution >= 4 is 0 Å². The Hall–Kier alpha value is -1.02. The van der Waals surface area contributed by atoms with Gasteiger partial charge in [-0.3, -0.25) is 0 Å². The Bertz CT molecular complexity index is 346. The normalized spacial score (nSPS) is 11.0. The van der Waals surface area contributed by atoms with E-state index in [1.807, 2.05) is 0 Å². The third kappa shape index (κ3) is 4.34. The number of rotatable bonds is 7. The minimum atomic E-state index is 0.619. The molecule has 0 unspecified atom stereocenters. The highest BCUT2D eigenvalue weighted by molar-refractivity contribution is 5.42. The standard InChI is InChI=1S/C16H27NO/c1-6-15(7-2)17-8-9-18-16-13(4)10-12(3)11-14(16)5/h10-11,15,17H,6-9H2,1-5H3. The number of hydrogen-bond acceptors (Lipinski definition) is 2. The fourth-order valence-corrected chi connectivity index (χ4v) is 2.39. The molecule has 0 radical (unpaired) electrons. The third-order valence-corrected chi connectivity index (χ3v) is 3.37. The molecule has 0 aliphatic rings. The molecule has 0 fully saturated rings. The molecular formula is C16H27NO. The second-order valence-corrected chi connectivity index (χ2v) is 5.04. The lowest BCUT2D eigenvalue weighted by Crippen LogP contribution is -2.31. The second-order valence-electron chi connectivity index (χ2n) is 5.04. The first-order valence-corrected chi connectivity index (χ1v) is 7.02. The number of hydrogen-bond donors (Lipinski definition) is 1. The van der Waals surface area contributed by atoms with Gasteiger partial charge in [-0.15, -0.1) is 0 Å². The summed E-state index contributed by atoms with van der Waals surface area (Å²) >= 11 is 0. The van der Waals surface area contributed by atoms with E-state index >= 15 is 0 Å². The van der Waals surface area contributed by atoms with Gasteiger partial charge in [0, 0.05) is 12.6 Å². The van der Waals surface area contributed by atoms with Crippen LogP contribution in [0, 0.1) is 20.8 Å². The topological polar surface area (TPSA) is 21.3 Å².